The van der Waals surface area contributed by atoms with Crippen LogP contribution in [0.25, 0.3) is 0 Å². The third kappa shape index (κ3) is 2.47. The minimum atomic E-state index is 0.0612. The lowest BCUT2D eigenvalue weighted by atomic mass is 9.57. The molecule has 2 amide bonds. The molecule has 1 N–H and O–H groups in total. The molecule has 3 aliphatic heterocycles. The number of hydrogen-bond acceptors (Lipinski definition) is 3. The fraction of sp³-hybridized carbons (Fsp3) is 0.947. The van der Waals surface area contributed by atoms with Crippen molar-refractivity contribution in [1.82, 2.24) is 15.1 Å². The van der Waals surface area contributed by atoms with Crippen LogP contribution in [0.2, 0.25) is 0 Å². The Bertz CT molecular complexity index is 507. The van der Waals surface area contributed by atoms with Gasteiger partial charge >= 0.3 is 6.03 Å². The molecular weight excluding hydrogens is 302 g/mol. The summed E-state index contributed by atoms with van der Waals surface area (Å²) in [4.78, 5) is 17.7. The molecule has 4 aliphatic rings. The summed E-state index contributed by atoms with van der Waals surface area (Å²) in [5.41, 5.74) is 0.0612. The molecule has 0 radical (unpaired) electrons. The van der Waals surface area contributed by atoms with Gasteiger partial charge in [0, 0.05) is 55.2 Å². The van der Waals surface area contributed by atoms with Crippen molar-refractivity contribution in [1.29, 1.82) is 0 Å². The molecule has 0 unspecified atom stereocenters. The summed E-state index contributed by atoms with van der Waals surface area (Å²) in [6.45, 7) is 11.7. The van der Waals surface area contributed by atoms with E-state index in [9.17, 15) is 4.79 Å². The highest BCUT2D eigenvalue weighted by atomic mass is 16.5. The molecule has 0 aromatic carbocycles. The molecule has 0 aromatic heterocycles. The third-order valence-electron chi connectivity index (χ3n) is 7.10. The summed E-state index contributed by atoms with van der Waals surface area (Å²) in [6, 6.07) is 2.20. The normalized spacial score (nSPS) is 41.0. The number of carbonyl (C=O) groups excluding carboxylic acids is 1. The van der Waals surface area contributed by atoms with E-state index >= 15 is 0 Å². The molecule has 5 nitrogen and oxygen atoms in total. The molecule has 0 spiro atoms. The second kappa shape index (κ2) is 5.87. The maximum Gasteiger partial charge on any atom is 0.317 e. The van der Waals surface area contributed by atoms with Crippen LogP contribution in [0.15, 0.2) is 0 Å². The van der Waals surface area contributed by atoms with Gasteiger partial charge in [0.05, 0.1) is 6.10 Å². The third-order valence-corrected chi connectivity index (χ3v) is 7.10. The number of carbonyl (C=O) groups is 1. The summed E-state index contributed by atoms with van der Waals surface area (Å²) in [6.07, 6.45) is 5.07. The standard InChI is InChI=1S/C19H33N3O2/c1-12(2)22-13-5-6-14(22)11-21(9-7-13)18(23)20-16-15-8-10-24-17(15)19(16,3)4/h12-17H,5-11H2,1-4H3,(H,20,23)/t13-,14-,15+,16+,17+/m0/s1. The molecule has 4 rings (SSSR count). The molecule has 2 bridgehead atoms. The highest BCUT2D eigenvalue weighted by Crippen LogP contribution is 2.52. The lowest BCUT2D eigenvalue weighted by Crippen LogP contribution is -2.68. The maximum atomic E-state index is 12.9. The Labute approximate surface area is 146 Å². The highest BCUT2D eigenvalue weighted by Gasteiger charge is 2.60. The number of nitrogens with one attached hydrogen (secondary N) is 1. The van der Waals surface area contributed by atoms with Crippen LogP contribution in [0.3, 0.4) is 0 Å². The first kappa shape index (κ1) is 16.6. The molecule has 4 fully saturated rings. The van der Waals surface area contributed by atoms with Gasteiger partial charge in [0.2, 0.25) is 0 Å². The molecule has 3 saturated heterocycles. The summed E-state index contributed by atoms with van der Waals surface area (Å²) >= 11 is 0. The highest BCUT2D eigenvalue weighted by molar-refractivity contribution is 5.75. The van der Waals surface area contributed by atoms with Crippen molar-refractivity contribution in [3.63, 3.8) is 0 Å². The minimum Gasteiger partial charge on any atom is -0.377 e. The molecule has 5 heteroatoms. The Morgan fingerprint density at radius 2 is 1.92 bits per heavy atom. The van der Waals surface area contributed by atoms with Crippen molar-refractivity contribution < 1.29 is 9.53 Å². The fourth-order valence-electron chi connectivity index (χ4n) is 5.98. The fourth-order valence-corrected chi connectivity index (χ4v) is 5.98. The van der Waals surface area contributed by atoms with Crippen molar-refractivity contribution in [2.24, 2.45) is 11.3 Å². The van der Waals surface area contributed by atoms with Crippen LogP contribution in [-0.2, 0) is 4.74 Å². The Kier molecular flexibility index (Phi) is 4.07. The average molecular weight is 335 g/mol. The number of fused-ring (bicyclic) bond motifs is 3. The smallest absolute Gasteiger partial charge is 0.317 e. The van der Waals surface area contributed by atoms with E-state index in [1.807, 2.05) is 0 Å². The first-order valence-corrected chi connectivity index (χ1v) is 9.84. The SMILES string of the molecule is CC(C)N1[C@H]2CC[C@H]1CN(C(=O)N[C@@H]1[C@H]3CCO[C@H]3C1(C)C)CC2. The van der Waals surface area contributed by atoms with E-state index < -0.39 is 0 Å². The van der Waals surface area contributed by atoms with E-state index in [4.69, 9.17) is 4.74 Å². The van der Waals surface area contributed by atoms with Crippen LogP contribution in [0.4, 0.5) is 4.79 Å². The zero-order valence-electron chi connectivity index (χ0n) is 15.6. The molecule has 3 heterocycles. The van der Waals surface area contributed by atoms with E-state index in [1.54, 1.807) is 0 Å². The Morgan fingerprint density at radius 3 is 2.67 bits per heavy atom. The predicted octanol–water partition coefficient (Wildman–Crippen LogP) is 2.46. The van der Waals surface area contributed by atoms with E-state index in [-0.39, 0.29) is 17.5 Å². The lowest BCUT2D eigenvalue weighted by Gasteiger charge is -2.54. The predicted molar refractivity (Wildman–Crippen MR) is 93.9 cm³/mol. The zero-order chi connectivity index (χ0) is 17.1. The number of ether oxygens (including phenoxy) is 1. The minimum absolute atomic E-state index is 0.0612. The van der Waals surface area contributed by atoms with Gasteiger partial charge in [-0.3, -0.25) is 4.90 Å². The van der Waals surface area contributed by atoms with E-state index in [2.05, 4.69) is 42.8 Å². The van der Waals surface area contributed by atoms with Gasteiger partial charge in [-0.25, -0.2) is 4.79 Å². The second-order valence-electron chi connectivity index (χ2n) is 9.15. The van der Waals surface area contributed by atoms with Crippen LogP contribution < -0.4 is 5.32 Å². The van der Waals surface area contributed by atoms with Gasteiger partial charge in [0.25, 0.3) is 0 Å². The second-order valence-corrected chi connectivity index (χ2v) is 9.15. The largest absolute Gasteiger partial charge is 0.377 e. The van der Waals surface area contributed by atoms with E-state index in [1.165, 1.54) is 12.8 Å². The van der Waals surface area contributed by atoms with Crippen LogP contribution in [0.5, 0.6) is 0 Å². The Morgan fingerprint density at radius 1 is 1.17 bits per heavy atom. The van der Waals surface area contributed by atoms with Crippen LogP contribution in [0, 0.1) is 11.3 Å². The number of rotatable bonds is 2. The average Bonchev–Trinajstić information content (AvgIpc) is 3.07. The van der Waals surface area contributed by atoms with Gasteiger partial charge in [-0.05, 0) is 39.5 Å². The Hall–Kier alpha value is -0.810. The van der Waals surface area contributed by atoms with Crippen molar-refractivity contribution in [3.05, 3.63) is 0 Å². The molecule has 1 aliphatic carbocycles. The van der Waals surface area contributed by atoms with E-state index in [0.717, 1.165) is 32.5 Å². The topological polar surface area (TPSA) is 44.8 Å². The van der Waals surface area contributed by atoms with Crippen molar-refractivity contribution in [2.45, 2.75) is 83.6 Å². The van der Waals surface area contributed by atoms with Crippen LogP contribution in [-0.4, -0.2) is 65.8 Å². The molecule has 5 atom stereocenters. The summed E-state index contributed by atoms with van der Waals surface area (Å²) in [5.74, 6) is 0.513. The maximum absolute atomic E-state index is 12.9. The van der Waals surface area contributed by atoms with Crippen LogP contribution >= 0.6 is 0 Å². The molecule has 1 saturated carbocycles. The molecular formula is C19H33N3O2. The van der Waals surface area contributed by atoms with Gasteiger partial charge in [-0.2, -0.15) is 0 Å². The van der Waals surface area contributed by atoms with Gasteiger partial charge in [0.15, 0.2) is 0 Å². The quantitative estimate of drug-likeness (QED) is 0.843. The summed E-state index contributed by atoms with van der Waals surface area (Å²) in [5, 5.41) is 3.37. The summed E-state index contributed by atoms with van der Waals surface area (Å²) < 4.78 is 5.85. The lowest BCUT2D eigenvalue weighted by molar-refractivity contribution is -0.109. The molecule has 136 valence electrons. The van der Waals surface area contributed by atoms with E-state index in [0.29, 0.717) is 30.1 Å². The number of hydrogen-bond donors (Lipinski definition) is 1. The summed E-state index contributed by atoms with van der Waals surface area (Å²) in [7, 11) is 0. The van der Waals surface area contributed by atoms with Gasteiger partial charge in [-0.15, -0.1) is 0 Å². The number of nitrogens with zero attached hydrogens (tertiary/aromatic N) is 2. The molecule has 24 heavy (non-hydrogen) atoms. The van der Waals surface area contributed by atoms with Gasteiger partial charge < -0.3 is 15.0 Å². The zero-order valence-corrected chi connectivity index (χ0v) is 15.6. The Balaban J connectivity index is 1.41. The number of urea groups is 1. The first-order chi connectivity index (χ1) is 11.4. The van der Waals surface area contributed by atoms with Crippen molar-refractivity contribution >= 4 is 6.03 Å². The number of amides is 2. The number of likely N-dealkylation sites (tertiary alicyclic amines) is 1. The van der Waals surface area contributed by atoms with Gasteiger partial charge in [-0.1, -0.05) is 13.8 Å². The molecule has 0 aromatic rings. The van der Waals surface area contributed by atoms with Crippen molar-refractivity contribution in [2.75, 3.05) is 19.7 Å². The van der Waals surface area contributed by atoms with Crippen LogP contribution in [0.1, 0.15) is 53.4 Å². The first-order valence-electron chi connectivity index (χ1n) is 9.84. The van der Waals surface area contributed by atoms with Crippen molar-refractivity contribution in [3.8, 4) is 0 Å². The monoisotopic (exact) mass is 335 g/mol. The van der Waals surface area contributed by atoms with Gasteiger partial charge in [0.1, 0.15) is 0 Å².